The molecule has 112 valence electrons. The molecule has 6 nitrogen and oxygen atoms in total. The number of aliphatic hydroxyl groups excluding tert-OH is 1. The van der Waals surface area contributed by atoms with E-state index in [1.165, 1.54) is 7.05 Å². The third-order valence-electron chi connectivity index (χ3n) is 2.59. The number of hydrogen-bond donors (Lipinski definition) is 4. The number of benzene rings is 1. The average molecular weight is 281 g/mol. The van der Waals surface area contributed by atoms with Gasteiger partial charge in [0, 0.05) is 19.6 Å². The molecule has 0 saturated carbocycles. The van der Waals surface area contributed by atoms with Crippen LogP contribution in [0.5, 0.6) is 5.75 Å². The van der Waals surface area contributed by atoms with E-state index >= 15 is 0 Å². The number of urea groups is 1. The van der Waals surface area contributed by atoms with Crippen molar-refractivity contribution in [3.8, 4) is 5.75 Å². The summed E-state index contributed by atoms with van der Waals surface area (Å²) in [7, 11) is 1.51. The van der Waals surface area contributed by atoms with Crippen molar-refractivity contribution in [2.45, 2.75) is 32.2 Å². The number of rotatable bonds is 7. The molecule has 0 aliphatic rings. The van der Waals surface area contributed by atoms with Crippen molar-refractivity contribution in [1.82, 2.24) is 16.0 Å². The third-order valence-corrected chi connectivity index (χ3v) is 2.59. The Hall–Kier alpha value is -1.79. The van der Waals surface area contributed by atoms with Crippen molar-refractivity contribution in [2.24, 2.45) is 0 Å². The molecule has 0 spiro atoms. The Morgan fingerprint density at radius 2 is 1.95 bits per heavy atom. The predicted octanol–water partition coefficient (Wildman–Crippen LogP) is 0.679. The molecule has 2 unspecified atom stereocenters. The van der Waals surface area contributed by atoms with Crippen LogP contribution >= 0.6 is 0 Å². The minimum absolute atomic E-state index is 0.238. The fourth-order valence-electron chi connectivity index (χ4n) is 1.51. The Kier molecular flexibility index (Phi) is 6.83. The van der Waals surface area contributed by atoms with Gasteiger partial charge in [0.25, 0.3) is 0 Å². The Labute approximate surface area is 119 Å². The summed E-state index contributed by atoms with van der Waals surface area (Å²) in [5.74, 6) is 0.581. The lowest BCUT2D eigenvalue weighted by Crippen LogP contribution is -2.53. The van der Waals surface area contributed by atoms with Crippen LogP contribution in [0.3, 0.4) is 0 Å². The highest BCUT2D eigenvalue weighted by Gasteiger charge is 2.22. The fourth-order valence-corrected chi connectivity index (χ4v) is 1.51. The molecule has 0 aliphatic heterocycles. The molecule has 1 aromatic rings. The summed E-state index contributed by atoms with van der Waals surface area (Å²) < 4.78 is 5.62. The zero-order valence-electron chi connectivity index (χ0n) is 12.1. The van der Waals surface area contributed by atoms with E-state index in [2.05, 4.69) is 16.0 Å². The van der Waals surface area contributed by atoms with Gasteiger partial charge in [0.05, 0.1) is 0 Å². The predicted molar refractivity (Wildman–Crippen MR) is 77.6 cm³/mol. The molecular weight excluding hydrogens is 258 g/mol. The lowest BCUT2D eigenvalue weighted by Gasteiger charge is -2.25. The standard InChI is InChI=1S/C14H23N3O3/c1-10(2)16-9-12(18)13(17-14(19)15-3)20-11-7-5-4-6-8-11/h4-8,10,12-13,16,18H,9H2,1-3H3,(H2,15,17,19). The Morgan fingerprint density at radius 1 is 1.30 bits per heavy atom. The second-order valence-corrected chi connectivity index (χ2v) is 4.71. The van der Waals surface area contributed by atoms with Gasteiger partial charge in [-0.05, 0) is 12.1 Å². The Balaban J connectivity index is 2.66. The molecule has 0 bridgehead atoms. The molecule has 0 heterocycles. The number of carbonyl (C=O) groups excluding carboxylic acids is 1. The zero-order chi connectivity index (χ0) is 15.0. The van der Waals surface area contributed by atoms with Gasteiger partial charge in [-0.25, -0.2) is 4.79 Å². The van der Waals surface area contributed by atoms with Crippen LogP contribution in [0.2, 0.25) is 0 Å². The van der Waals surface area contributed by atoms with Crippen LogP contribution in [0.25, 0.3) is 0 Å². The van der Waals surface area contributed by atoms with E-state index in [1.54, 1.807) is 12.1 Å². The van der Waals surface area contributed by atoms with Crippen LogP contribution in [0.1, 0.15) is 13.8 Å². The summed E-state index contributed by atoms with van der Waals surface area (Å²) in [5, 5.41) is 18.3. The summed E-state index contributed by atoms with van der Waals surface area (Å²) in [4.78, 5) is 11.4. The minimum Gasteiger partial charge on any atom is -0.468 e. The molecule has 1 rings (SSSR count). The van der Waals surface area contributed by atoms with Gasteiger partial charge < -0.3 is 25.8 Å². The monoisotopic (exact) mass is 281 g/mol. The zero-order valence-corrected chi connectivity index (χ0v) is 12.1. The molecule has 20 heavy (non-hydrogen) atoms. The smallest absolute Gasteiger partial charge is 0.317 e. The molecule has 2 amide bonds. The van der Waals surface area contributed by atoms with E-state index in [9.17, 15) is 9.90 Å². The maximum atomic E-state index is 11.4. The van der Waals surface area contributed by atoms with E-state index in [4.69, 9.17) is 4.74 Å². The molecule has 0 aromatic heterocycles. The van der Waals surface area contributed by atoms with Gasteiger partial charge in [0.2, 0.25) is 6.23 Å². The summed E-state index contributed by atoms with van der Waals surface area (Å²) >= 11 is 0. The van der Waals surface area contributed by atoms with E-state index in [1.807, 2.05) is 32.0 Å². The van der Waals surface area contributed by atoms with E-state index in [0.29, 0.717) is 12.3 Å². The van der Waals surface area contributed by atoms with Crippen LogP contribution < -0.4 is 20.7 Å². The molecule has 0 fully saturated rings. The SMILES string of the molecule is CNC(=O)NC(Oc1ccccc1)C(O)CNC(C)C. The highest BCUT2D eigenvalue weighted by Crippen LogP contribution is 2.11. The topological polar surface area (TPSA) is 82.6 Å². The van der Waals surface area contributed by atoms with Crippen LogP contribution in [-0.4, -0.2) is 43.1 Å². The first-order valence-corrected chi connectivity index (χ1v) is 6.64. The number of carbonyl (C=O) groups is 1. The average Bonchev–Trinajstić information content (AvgIpc) is 2.44. The van der Waals surface area contributed by atoms with Crippen molar-refractivity contribution in [2.75, 3.05) is 13.6 Å². The number of para-hydroxylation sites is 1. The first-order valence-electron chi connectivity index (χ1n) is 6.64. The molecule has 0 saturated heterocycles. The van der Waals surface area contributed by atoms with Gasteiger partial charge in [-0.15, -0.1) is 0 Å². The molecule has 0 radical (unpaired) electrons. The number of nitrogens with one attached hydrogen (secondary N) is 3. The van der Waals surface area contributed by atoms with Crippen LogP contribution in [0, 0.1) is 0 Å². The van der Waals surface area contributed by atoms with Gasteiger partial charge in [0.1, 0.15) is 11.9 Å². The molecule has 6 heteroatoms. The molecule has 0 aliphatic carbocycles. The molecule has 4 N–H and O–H groups in total. The van der Waals surface area contributed by atoms with E-state index in [-0.39, 0.29) is 6.04 Å². The van der Waals surface area contributed by atoms with Crippen LogP contribution in [0.15, 0.2) is 30.3 Å². The van der Waals surface area contributed by atoms with Gasteiger partial charge >= 0.3 is 6.03 Å². The van der Waals surface area contributed by atoms with Crippen molar-refractivity contribution in [1.29, 1.82) is 0 Å². The minimum atomic E-state index is -0.866. The van der Waals surface area contributed by atoms with Crippen LogP contribution in [-0.2, 0) is 0 Å². The van der Waals surface area contributed by atoms with Gasteiger partial charge in [0.15, 0.2) is 0 Å². The van der Waals surface area contributed by atoms with Gasteiger partial charge in [-0.1, -0.05) is 32.0 Å². The lowest BCUT2D eigenvalue weighted by molar-refractivity contribution is 0.0220. The summed E-state index contributed by atoms with van der Waals surface area (Å²) in [6.45, 7) is 4.27. The normalized spacial score (nSPS) is 13.7. The van der Waals surface area contributed by atoms with Crippen molar-refractivity contribution in [3.05, 3.63) is 30.3 Å². The number of ether oxygens (including phenoxy) is 1. The molecular formula is C14H23N3O3. The summed E-state index contributed by atoms with van der Waals surface area (Å²) in [6, 6.07) is 8.87. The second-order valence-electron chi connectivity index (χ2n) is 4.71. The first kappa shape index (κ1) is 16.3. The Morgan fingerprint density at radius 3 is 2.50 bits per heavy atom. The highest BCUT2D eigenvalue weighted by molar-refractivity contribution is 5.73. The summed E-state index contributed by atoms with van der Waals surface area (Å²) in [5.41, 5.74) is 0. The second kappa shape index (κ2) is 8.39. The molecule has 2 atom stereocenters. The fraction of sp³-hybridized carbons (Fsp3) is 0.500. The number of hydrogen-bond acceptors (Lipinski definition) is 4. The van der Waals surface area contributed by atoms with Crippen molar-refractivity contribution < 1.29 is 14.6 Å². The number of amides is 2. The molecule has 1 aromatic carbocycles. The largest absolute Gasteiger partial charge is 0.468 e. The lowest BCUT2D eigenvalue weighted by atomic mass is 10.2. The van der Waals surface area contributed by atoms with Crippen molar-refractivity contribution >= 4 is 6.03 Å². The maximum absolute atomic E-state index is 11.4. The maximum Gasteiger partial charge on any atom is 0.317 e. The quantitative estimate of drug-likeness (QED) is 0.554. The third kappa shape index (κ3) is 5.90. The van der Waals surface area contributed by atoms with Gasteiger partial charge in [-0.2, -0.15) is 0 Å². The van der Waals surface area contributed by atoms with Crippen molar-refractivity contribution in [3.63, 3.8) is 0 Å². The van der Waals surface area contributed by atoms with Gasteiger partial charge in [-0.3, -0.25) is 0 Å². The van der Waals surface area contributed by atoms with Crippen LogP contribution in [0.4, 0.5) is 4.79 Å². The van der Waals surface area contributed by atoms with E-state index < -0.39 is 18.4 Å². The van der Waals surface area contributed by atoms with E-state index in [0.717, 1.165) is 0 Å². The summed E-state index contributed by atoms with van der Waals surface area (Å²) in [6.07, 6.45) is -1.70. The first-order chi connectivity index (χ1) is 9.52. The highest BCUT2D eigenvalue weighted by atomic mass is 16.5. The number of aliphatic hydroxyl groups is 1. The Bertz CT molecular complexity index is 398.